The quantitative estimate of drug-likeness (QED) is 0.451. The monoisotopic (exact) mass is 499 g/mol. The molecule has 12 heteroatoms. The number of carbonyl (C=O) groups excluding carboxylic acids is 2. The number of hydrogen-bond acceptors (Lipinski definition) is 7. The first-order valence-electron chi connectivity index (χ1n) is 11.0. The van der Waals surface area contributed by atoms with Gasteiger partial charge >= 0.3 is 0 Å². The molecule has 35 heavy (non-hydrogen) atoms. The number of methoxy groups -OCH3 is 1. The van der Waals surface area contributed by atoms with Gasteiger partial charge in [0.2, 0.25) is 10.0 Å². The highest BCUT2D eigenvalue weighted by atomic mass is 32.2. The highest BCUT2D eigenvalue weighted by Crippen LogP contribution is 2.31. The summed E-state index contributed by atoms with van der Waals surface area (Å²) < 4.78 is 33.4. The van der Waals surface area contributed by atoms with Gasteiger partial charge in [-0.25, -0.2) is 13.5 Å². The number of H-pyrrole nitrogens is 1. The third-order valence-electron chi connectivity index (χ3n) is 5.96. The Bertz CT molecular complexity index is 1450. The molecule has 1 aliphatic rings. The van der Waals surface area contributed by atoms with Gasteiger partial charge in [0.05, 0.1) is 12.5 Å². The summed E-state index contributed by atoms with van der Waals surface area (Å²) in [6.45, 7) is 2.24. The van der Waals surface area contributed by atoms with E-state index in [-0.39, 0.29) is 33.3 Å². The smallest absolute Gasteiger partial charge is 0.290 e. The lowest BCUT2D eigenvalue weighted by atomic mass is 10.1. The Hall–Kier alpha value is -3.77. The minimum Gasteiger partial charge on any atom is -0.495 e. The molecule has 2 amide bonds. The molecule has 2 aromatic carbocycles. The second-order valence-corrected chi connectivity index (χ2v) is 10.0. The summed E-state index contributed by atoms with van der Waals surface area (Å²) in [4.78, 5) is 37.2. The van der Waals surface area contributed by atoms with Gasteiger partial charge in [-0.1, -0.05) is 24.6 Å². The Kier molecular flexibility index (Phi) is 6.85. The van der Waals surface area contributed by atoms with Crippen molar-refractivity contribution in [2.75, 3.05) is 13.7 Å². The average molecular weight is 500 g/mol. The van der Waals surface area contributed by atoms with Gasteiger partial charge < -0.3 is 4.74 Å². The van der Waals surface area contributed by atoms with Crippen molar-refractivity contribution in [1.29, 1.82) is 0 Å². The van der Waals surface area contributed by atoms with E-state index < -0.39 is 27.4 Å². The van der Waals surface area contributed by atoms with Gasteiger partial charge in [-0.2, -0.15) is 9.40 Å². The molecule has 1 aromatic heterocycles. The Balaban J connectivity index is 1.56. The zero-order valence-electron chi connectivity index (χ0n) is 19.2. The molecule has 1 saturated heterocycles. The maximum Gasteiger partial charge on any atom is 0.290 e. The van der Waals surface area contributed by atoms with E-state index in [1.165, 1.54) is 29.6 Å². The SMILES string of the molecule is COc1ccc(C(=O)NNC(=O)c2n[nH]c(=O)c3ccccc23)cc1S(=O)(=O)N1CCCC[C@@H]1C. The van der Waals surface area contributed by atoms with Crippen LogP contribution in [-0.4, -0.2) is 54.4 Å². The van der Waals surface area contributed by atoms with Crippen molar-refractivity contribution < 1.29 is 22.7 Å². The van der Waals surface area contributed by atoms with E-state index in [4.69, 9.17) is 4.74 Å². The first-order chi connectivity index (χ1) is 16.7. The van der Waals surface area contributed by atoms with Crippen LogP contribution >= 0.6 is 0 Å². The van der Waals surface area contributed by atoms with Gasteiger partial charge in [0, 0.05) is 23.5 Å². The lowest BCUT2D eigenvalue weighted by Gasteiger charge is -2.32. The second-order valence-electron chi connectivity index (χ2n) is 8.18. The summed E-state index contributed by atoms with van der Waals surface area (Å²) in [5, 5.41) is 6.62. The van der Waals surface area contributed by atoms with Crippen LogP contribution in [0.2, 0.25) is 0 Å². The molecule has 0 saturated carbocycles. The van der Waals surface area contributed by atoms with Crippen molar-refractivity contribution in [3.8, 4) is 5.75 Å². The van der Waals surface area contributed by atoms with E-state index in [9.17, 15) is 22.8 Å². The zero-order chi connectivity index (χ0) is 25.2. The van der Waals surface area contributed by atoms with Crippen LogP contribution in [0.15, 0.2) is 52.2 Å². The molecule has 2 heterocycles. The molecule has 1 aliphatic heterocycles. The van der Waals surface area contributed by atoms with Crippen LogP contribution in [0.3, 0.4) is 0 Å². The molecule has 3 aromatic rings. The third-order valence-corrected chi connectivity index (χ3v) is 7.99. The van der Waals surface area contributed by atoms with Crippen LogP contribution in [-0.2, 0) is 10.0 Å². The van der Waals surface area contributed by atoms with Gasteiger partial charge in [-0.3, -0.25) is 25.2 Å². The van der Waals surface area contributed by atoms with Gasteiger partial charge in [-0.05, 0) is 44.0 Å². The highest BCUT2D eigenvalue weighted by molar-refractivity contribution is 7.89. The molecule has 0 bridgehead atoms. The fourth-order valence-corrected chi connectivity index (χ4v) is 5.99. The lowest BCUT2D eigenvalue weighted by molar-refractivity contribution is 0.0844. The molecular weight excluding hydrogens is 474 g/mol. The van der Waals surface area contributed by atoms with Crippen LogP contribution in [0, 0.1) is 0 Å². The zero-order valence-corrected chi connectivity index (χ0v) is 20.0. The number of aromatic amines is 1. The molecule has 4 rings (SSSR count). The molecule has 0 aliphatic carbocycles. The normalized spacial score (nSPS) is 16.6. The van der Waals surface area contributed by atoms with Crippen molar-refractivity contribution in [2.45, 2.75) is 37.1 Å². The van der Waals surface area contributed by atoms with Crippen molar-refractivity contribution in [1.82, 2.24) is 25.4 Å². The number of benzene rings is 2. The van der Waals surface area contributed by atoms with Crippen LogP contribution in [0.4, 0.5) is 0 Å². The number of hydrazine groups is 1. The topological polar surface area (TPSA) is 151 Å². The number of amides is 2. The minimum absolute atomic E-state index is 0.00798. The van der Waals surface area contributed by atoms with Crippen LogP contribution in [0.5, 0.6) is 5.75 Å². The number of hydrogen-bond donors (Lipinski definition) is 3. The fraction of sp³-hybridized carbons (Fsp3) is 0.304. The summed E-state index contributed by atoms with van der Waals surface area (Å²) in [6, 6.07) is 10.3. The highest BCUT2D eigenvalue weighted by Gasteiger charge is 2.33. The van der Waals surface area contributed by atoms with Gasteiger partial charge in [-0.15, -0.1) is 0 Å². The summed E-state index contributed by atoms with van der Waals surface area (Å²) in [6.07, 6.45) is 2.46. The van der Waals surface area contributed by atoms with E-state index >= 15 is 0 Å². The number of carbonyl (C=O) groups is 2. The number of fused-ring (bicyclic) bond motifs is 1. The Morgan fingerprint density at radius 3 is 2.51 bits per heavy atom. The van der Waals surface area contributed by atoms with Gasteiger partial charge in [0.1, 0.15) is 10.6 Å². The maximum absolute atomic E-state index is 13.4. The van der Waals surface area contributed by atoms with Crippen molar-refractivity contribution >= 4 is 32.6 Å². The van der Waals surface area contributed by atoms with Crippen LogP contribution < -0.4 is 21.1 Å². The molecule has 0 unspecified atom stereocenters. The second kappa shape index (κ2) is 9.84. The number of nitrogens with zero attached hydrogens (tertiary/aromatic N) is 2. The standard InChI is InChI=1S/C23H25N5O6S/c1-14-7-5-6-12-28(14)35(32,33)19-13-15(10-11-18(19)34-2)21(29)25-27-23(31)20-16-8-3-4-9-17(16)22(30)26-24-20/h3-4,8-11,13-14H,5-7,12H2,1-2H3,(H,25,29)(H,26,30)(H,27,31)/t14-/m0/s1. The van der Waals surface area contributed by atoms with E-state index in [0.29, 0.717) is 11.9 Å². The van der Waals surface area contributed by atoms with Crippen molar-refractivity contribution in [2.24, 2.45) is 0 Å². The van der Waals surface area contributed by atoms with E-state index in [1.807, 2.05) is 6.92 Å². The van der Waals surface area contributed by atoms with Crippen LogP contribution in [0.1, 0.15) is 47.0 Å². The first kappa shape index (κ1) is 24.4. The fourth-order valence-electron chi connectivity index (χ4n) is 4.11. The van der Waals surface area contributed by atoms with Crippen molar-refractivity contribution in [3.05, 3.63) is 64.1 Å². The summed E-state index contributed by atoms with van der Waals surface area (Å²) in [5.41, 5.74) is 3.99. The van der Waals surface area contributed by atoms with E-state index in [2.05, 4.69) is 21.0 Å². The Morgan fingerprint density at radius 1 is 1.09 bits per heavy atom. The van der Waals surface area contributed by atoms with Gasteiger partial charge in [0.25, 0.3) is 17.4 Å². The first-order valence-corrected chi connectivity index (χ1v) is 12.5. The number of ether oxygens (including phenoxy) is 1. The number of nitrogens with one attached hydrogen (secondary N) is 3. The number of sulfonamides is 1. The van der Waals surface area contributed by atoms with E-state index in [1.54, 1.807) is 24.3 Å². The molecular formula is C23H25N5O6S. The maximum atomic E-state index is 13.4. The summed E-state index contributed by atoms with van der Waals surface area (Å²) in [5.74, 6) is -1.38. The summed E-state index contributed by atoms with van der Waals surface area (Å²) in [7, 11) is -2.56. The van der Waals surface area contributed by atoms with Crippen molar-refractivity contribution in [3.63, 3.8) is 0 Å². The molecule has 184 valence electrons. The van der Waals surface area contributed by atoms with Gasteiger partial charge in [0.15, 0.2) is 5.69 Å². The molecule has 0 spiro atoms. The predicted octanol–water partition coefficient (Wildman–Crippen LogP) is 1.57. The minimum atomic E-state index is -3.92. The number of aromatic nitrogens is 2. The number of rotatable bonds is 5. The van der Waals surface area contributed by atoms with E-state index in [0.717, 1.165) is 19.3 Å². The summed E-state index contributed by atoms with van der Waals surface area (Å²) >= 11 is 0. The molecule has 11 nitrogen and oxygen atoms in total. The van der Waals surface area contributed by atoms with Crippen LogP contribution in [0.25, 0.3) is 10.8 Å². The molecule has 3 N–H and O–H groups in total. The third kappa shape index (κ3) is 4.75. The number of piperidine rings is 1. The molecule has 1 fully saturated rings. The lowest BCUT2D eigenvalue weighted by Crippen LogP contribution is -2.43. The Morgan fingerprint density at radius 2 is 1.80 bits per heavy atom. The molecule has 0 radical (unpaired) electrons. The Labute approximate surface area is 201 Å². The predicted molar refractivity (Wildman–Crippen MR) is 127 cm³/mol. The molecule has 1 atom stereocenters. The average Bonchev–Trinajstić information content (AvgIpc) is 2.87. The largest absolute Gasteiger partial charge is 0.495 e.